The molecule has 0 bridgehead atoms. The van der Waals surface area contributed by atoms with Crippen molar-refractivity contribution >= 4 is 5.97 Å². The Labute approximate surface area is 72.4 Å². The summed E-state index contributed by atoms with van der Waals surface area (Å²) in [6.07, 6.45) is 0.906. The monoisotopic (exact) mass is 170 g/mol. The van der Waals surface area contributed by atoms with E-state index in [0.29, 0.717) is 11.5 Å². The Kier molecular flexibility index (Phi) is 2.87. The first-order valence-corrected chi connectivity index (χ1v) is 4.09. The third-order valence-electron chi connectivity index (χ3n) is 2.23. The van der Waals surface area contributed by atoms with Crippen LogP contribution in [0.1, 0.15) is 13.3 Å². The second kappa shape index (κ2) is 3.72. The minimum atomic E-state index is -0.363. The van der Waals surface area contributed by atoms with Crippen molar-refractivity contribution in [2.45, 2.75) is 19.4 Å². The SMILES string of the molecule is C=C(C(=O)OC)C1OCC1CC. The molecule has 68 valence electrons. The van der Waals surface area contributed by atoms with Gasteiger partial charge < -0.3 is 9.47 Å². The molecule has 1 saturated heterocycles. The zero-order valence-corrected chi connectivity index (χ0v) is 7.50. The average molecular weight is 170 g/mol. The predicted octanol–water partition coefficient (Wildman–Crippen LogP) is 1.14. The molecule has 0 aromatic carbocycles. The quantitative estimate of drug-likeness (QED) is 0.470. The van der Waals surface area contributed by atoms with Crippen LogP contribution in [0.15, 0.2) is 12.2 Å². The lowest BCUT2D eigenvalue weighted by atomic mass is 9.90. The molecule has 0 spiro atoms. The standard InChI is InChI=1S/C9H14O3/c1-4-7-5-12-8(7)6(2)9(10)11-3/h7-8H,2,4-5H2,1,3H3. The first-order chi connectivity index (χ1) is 5.70. The van der Waals surface area contributed by atoms with Crippen molar-refractivity contribution in [3.05, 3.63) is 12.2 Å². The maximum absolute atomic E-state index is 11.0. The van der Waals surface area contributed by atoms with Gasteiger partial charge in [0.05, 0.1) is 25.4 Å². The zero-order chi connectivity index (χ0) is 9.14. The van der Waals surface area contributed by atoms with Gasteiger partial charge in [-0.2, -0.15) is 0 Å². The molecule has 0 amide bonds. The van der Waals surface area contributed by atoms with E-state index in [9.17, 15) is 4.79 Å². The number of ether oxygens (including phenoxy) is 2. The van der Waals surface area contributed by atoms with Crippen molar-refractivity contribution in [2.24, 2.45) is 5.92 Å². The zero-order valence-electron chi connectivity index (χ0n) is 7.50. The van der Waals surface area contributed by atoms with E-state index in [0.717, 1.165) is 13.0 Å². The number of carbonyl (C=O) groups excluding carboxylic acids is 1. The van der Waals surface area contributed by atoms with E-state index < -0.39 is 0 Å². The lowest BCUT2D eigenvalue weighted by Gasteiger charge is -2.36. The van der Waals surface area contributed by atoms with Crippen molar-refractivity contribution in [1.29, 1.82) is 0 Å². The van der Waals surface area contributed by atoms with Crippen LogP contribution in [-0.2, 0) is 14.3 Å². The third kappa shape index (κ3) is 1.50. The Morgan fingerprint density at radius 3 is 2.75 bits per heavy atom. The summed E-state index contributed by atoms with van der Waals surface area (Å²) in [5.41, 5.74) is 0.440. The Hall–Kier alpha value is -0.830. The summed E-state index contributed by atoms with van der Waals surface area (Å²) < 4.78 is 9.76. The summed E-state index contributed by atoms with van der Waals surface area (Å²) in [7, 11) is 1.35. The molecule has 0 aromatic rings. The molecule has 1 rings (SSSR count). The Balaban J connectivity index is 2.48. The summed E-state index contributed by atoms with van der Waals surface area (Å²) in [6.45, 7) is 6.45. The summed E-state index contributed by atoms with van der Waals surface area (Å²) in [6, 6.07) is 0. The van der Waals surface area contributed by atoms with Crippen molar-refractivity contribution in [1.82, 2.24) is 0 Å². The number of methoxy groups -OCH3 is 1. The van der Waals surface area contributed by atoms with Gasteiger partial charge in [-0.3, -0.25) is 0 Å². The molecule has 3 heteroatoms. The molecule has 0 saturated carbocycles. The normalized spacial score (nSPS) is 27.5. The van der Waals surface area contributed by atoms with Crippen LogP contribution in [0.4, 0.5) is 0 Å². The fourth-order valence-corrected chi connectivity index (χ4v) is 1.29. The van der Waals surface area contributed by atoms with Gasteiger partial charge in [0.2, 0.25) is 0 Å². The van der Waals surface area contributed by atoms with Crippen molar-refractivity contribution in [3.8, 4) is 0 Å². The Morgan fingerprint density at radius 2 is 2.42 bits per heavy atom. The highest BCUT2D eigenvalue weighted by Crippen LogP contribution is 2.28. The number of carbonyl (C=O) groups is 1. The van der Waals surface area contributed by atoms with E-state index in [2.05, 4.69) is 18.2 Å². The van der Waals surface area contributed by atoms with E-state index in [1.807, 2.05) is 0 Å². The molecule has 1 heterocycles. The maximum Gasteiger partial charge on any atom is 0.335 e. The first-order valence-electron chi connectivity index (χ1n) is 4.09. The Bertz CT molecular complexity index is 196. The van der Waals surface area contributed by atoms with Crippen molar-refractivity contribution in [3.63, 3.8) is 0 Å². The summed E-state index contributed by atoms with van der Waals surface area (Å²) in [5.74, 6) is 0.0785. The second-order valence-electron chi connectivity index (χ2n) is 2.94. The molecular weight excluding hydrogens is 156 g/mol. The highest BCUT2D eigenvalue weighted by atomic mass is 16.5. The van der Waals surface area contributed by atoms with Crippen molar-refractivity contribution < 1.29 is 14.3 Å². The van der Waals surface area contributed by atoms with Crippen LogP contribution < -0.4 is 0 Å². The van der Waals surface area contributed by atoms with Crippen LogP contribution in [0.25, 0.3) is 0 Å². The van der Waals surface area contributed by atoms with E-state index in [-0.39, 0.29) is 12.1 Å². The highest BCUT2D eigenvalue weighted by Gasteiger charge is 2.35. The van der Waals surface area contributed by atoms with E-state index in [1.165, 1.54) is 7.11 Å². The maximum atomic E-state index is 11.0. The molecule has 0 radical (unpaired) electrons. The lowest BCUT2D eigenvalue weighted by molar-refractivity contribution is -0.144. The molecule has 0 aliphatic carbocycles. The summed E-state index contributed by atoms with van der Waals surface area (Å²) >= 11 is 0. The number of esters is 1. The molecule has 2 unspecified atom stereocenters. The predicted molar refractivity (Wildman–Crippen MR) is 44.7 cm³/mol. The molecule has 0 aromatic heterocycles. The fourth-order valence-electron chi connectivity index (χ4n) is 1.29. The molecule has 1 fully saturated rings. The lowest BCUT2D eigenvalue weighted by Crippen LogP contribution is -2.42. The Morgan fingerprint density at radius 1 is 1.75 bits per heavy atom. The second-order valence-corrected chi connectivity index (χ2v) is 2.94. The molecule has 2 atom stereocenters. The van der Waals surface area contributed by atoms with Gasteiger partial charge in [-0.05, 0) is 6.42 Å². The molecular formula is C9H14O3. The van der Waals surface area contributed by atoms with Gasteiger partial charge >= 0.3 is 5.97 Å². The van der Waals surface area contributed by atoms with Crippen LogP contribution in [0.5, 0.6) is 0 Å². The molecule has 3 nitrogen and oxygen atoms in total. The van der Waals surface area contributed by atoms with Gasteiger partial charge in [-0.25, -0.2) is 4.79 Å². The third-order valence-corrected chi connectivity index (χ3v) is 2.23. The highest BCUT2D eigenvalue weighted by molar-refractivity contribution is 5.88. The smallest absolute Gasteiger partial charge is 0.335 e. The van der Waals surface area contributed by atoms with Crippen LogP contribution in [0.2, 0.25) is 0 Å². The largest absolute Gasteiger partial charge is 0.466 e. The van der Waals surface area contributed by atoms with Crippen LogP contribution in [-0.4, -0.2) is 25.8 Å². The molecule has 0 N–H and O–H groups in total. The minimum Gasteiger partial charge on any atom is -0.466 e. The van der Waals surface area contributed by atoms with Gasteiger partial charge in [0.15, 0.2) is 0 Å². The first kappa shape index (κ1) is 9.26. The van der Waals surface area contributed by atoms with Gasteiger partial charge in [0.25, 0.3) is 0 Å². The van der Waals surface area contributed by atoms with Crippen LogP contribution in [0, 0.1) is 5.92 Å². The summed E-state index contributed by atoms with van der Waals surface area (Å²) in [4.78, 5) is 11.0. The van der Waals surface area contributed by atoms with Crippen molar-refractivity contribution in [2.75, 3.05) is 13.7 Å². The number of rotatable bonds is 3. The summed E-state index contributed by atoms with van der Waals surface area (Å²) in [5, 5.41) is 0. The van der Waals surface area contributed by atoms with E-state index >= 15 is 0 Å². The van der Waals surface area contributed by atoms with E-state index in [4.69, 9.17) is 4.74 Å². The topological polar surface area (TPSA) is 35.5 Å². The number of hydrogen-bond donors (Lipinski definition) is 0. The molecule has 12 heavy (non-hydrogen) atoms. The van der Waals surface area contributed by atoms with Crippen LogP contribution >= 0.6 is 0 Å². The minimum absolute atomic E-state index is 0.109. The molecule has 1 aliphatic heterocycles. The van der Waals surface area contributed by atoms with Crippen LogP contribution in [0.3, 0.4) is 0 Å². The fraction of sp³-hybridized carbons (Fsp3) is 0.667. The van der Waals surface area contributed by atoms with E-state index in [1.54, 1.807) is 0 Å². The van der Waals surface area contributed by atoms with Gasteiger partial charge in [-0.1, -0.05) is 13.5 Å². The van der Waals surface area contributed by atoms with Gasteiger partial charge in [0, 0.05) is 5.92 Å². The number of hydrogen-bond acceptors (Lipinski definition) is 3. The van der Waals surface area contributed by atoms with Gasteiger partial charge in [-0.15, -0.1) is 0 Å². The molecule has 1 aliphatic rings. The average Bonchev–Trinajstić information content (AvgIpc) is 2.02. The van der Waals surface area contributed by atoms with Gasteiger partial charge in [0.1, 0.15) is 0 Å².